The van der Waals surface area contributed by atoms with E-state index in [-0.39, 0.29) is 10.9 Å². The van der Waals surface area contributed by atoms with Gasteiger partial charge in [0.1, 0.15) is 0 Å². The van der Waals surface area contributed by atoms with Gasteiger partial charge in [0, 0.05) is 11.3 Å². The summed E-state index contributed by atoms with van der Waals surface area (Å²) in [6.45, 7) is 4.34. The zero-order valence-electron chi connectivity index (χ0n) is 13.9. The minimum absolute atomic E-state index is 0.164. The maximum atomic E-state index is 13.2. The molecule has 0 aliphatic carbocycles. The molecule has 2 aliphatic rings. The van der Waals surface area contributed by atoms with Gasteiger partial charge in [0.15, 0.2) is 9.84 Å². The van der Waals surface area contributed by atoms with Gasteiger partial charge >= 0.3 is 0 Å². The molecule has 0 saturated carbocycles. The van der Waals surface area contributed by atoms with Crippen molar-refractivity contribution in [3.05, 3.63) is 71.8 Å². The van der Waals surface area contributed by atoms with Gasteiger partial charge in [-0.05, 0) is 37.7 Å². The number of rotatable bonds is 3. The van der Waals surface area contributed by atoms with E-state index in [0.29, 0.717) is 10.6 Å². The molecule has 0 N–H and O–H groups in total. The van der Waals surface area contributed by atoms with Gasteiger partial charge in [-0.25, -0.2) is 8.42 Å². The third-order valence-electron chi connectivity index (χ3n) is 5.53. The highest BCUT2D eigenvalue weighted by atomic mass is 32.2. The minimum atomic E-state index is -3.28. The maximum absolute atomic E-state index is 13.2. The van der Waals surface area contributed by atoms with Crippen LogP contribution in [0.4, 0.5) is 0 Å². The molecule has 2 bridgehead atoms. The van der Waals surface area contributed by atoms with E-state index < -0.39 is 17.8 Å². The standard InChI is InChI=1S/C20H21O2PS/c1-14-15(2)20-19(24(21,22)17-11-7-4-8-12-17)13-18(14)23(20)16-9-5-3-6-10-16/h3-12,18-20H,13H2,1-2H3/t18-,19-,20-,23?/m0/s1. The summed E-state index contributed by atoms with van der Waals surface area (Å²) in [4.78, 5) is 0.469. The van der Waals surface area contributed by atoms with Gasteiger partial charge in [0.25, 0.3) is 0 Å². The van der Waals surface area contributed by atoms with Crippen molar-refractivity contribution < 1.29 is 8.42 Å². The van der Waals surface area contributed by atoms with Crippen molar-refractivity contribution in [2.45, 2.75) is 41.7 Å². The van der Waals surface area contributed by atoms with Crippen LogP contribution in [0, 0.1) is 0 Å². The molecule has 0 amide bonds. The Morgan fingerprint density at radius 2 is 1.46 bits per heavy atom. The Labute approximate surface area is 145 Å². The van der Waals surface area contributed by atoms with Crippen molar-refractivity contribution in [2.24, 2.45) is 0 Å². The zero-order valence-corrected chi connectivity index (χ0v) is 15.6. The lowest BCUT2D eigenvalue weighted by molar-refractivity contribution is 0.572. The Hall–Kier alpha value is -1.44. The van der Waals surface area contributed by atoms with Crippen molar-refractivity contribution in [3.63, 3.8) is 0 Å². The normalized spacial score (nSPS) is 29.2. The van der Waals surface area contributed by atoms with Gasteiger partial charge < -0.3 is 0 Å². The van der Waals surface area contributed by atoms with Crippen LogP contribution in [0.1, 0.15) is 20.3 Å². The molecular formula is C20H21O2PS. The van der Waals surface area contributed by atoms with Gasteiger partial charge in [-0.3, -0.25) is 0 Å². The van der Waals surface area contributed by atoms with Crippen LogP contribution in [-0.2, 0) is 9.84 Å². The van der Waals surface area contributed by atoms with E-state index in [0.717, 1.165) is 6.42 Å². The second kappa shape index (κ2) is 5.82. The number of benzene rings is 2. The lowest BCUT2D eigenvalue weighted by Gasteiger charge is -2.25. The van der Waals surface area contributed by atoms with Gasteiger partial charge in [0.05, 0.1) is 10.1 Å². The maximum Gasteiger partial charge on any atom is 0.182 e. The van der Waals surface area contributed by atoms with Crippen LogP contribution in [-0.4, -0.2) is 25.0 Å². The van der Waals surface area contributed by atoms with E-state index in [9.17, 15) is 8.42 Å². The topological polar surface area (TPSA) is 34.1 Å². The summed E-state index contributed by atoms with van der Waals surface area (Å²) in [6, 6.07) is 19.5. The first-order valence-electron chi connectivity index (χ1n) is 8.31. The molecule has 1 fully saturated rings. The smallest absolute Gasteiger partial charge is 0.182 e. The van der Waals surface area contributed by atoms with E-state index in [1.165, 1.54) is 16.5 Å². The summed E-state index contributed by atoms with van der Waals surface area (Å²) in [5.74, 6) is 0. The quantitative estimate of drug-likeness (QED) is 0.612. The lowest BCUT2D eigenvalue weighted by Crippen LogP contribution is -2.32. The van der Waals surface area contributed by atoms with Crippen molar-refractivity contribution in [3.8, 4) is 0 Å². The molecule has 0 aromatic heterocycles. The second-order valence-electron chi connectivity index (χ2n) is 6.70. The Morgan fingerprint density at radius 1 is 0.875 bits per heavy atom. The monoisotopic (exact) mass is 356 g/mol. The Balaban J connectivity index is 1.78. The van der Waals surface area contributed by atoms with Gasteiger partial charge in [0.2, 0.25) is 0 Å². The molecule has 2 nitrogen and oxygen atoms in total. The van der Waals surface area contributed by atoms with E-state index in [1.54, 1.807) is 12.1 Å². The molecule has 0 radical (unpaired) electrons. The number of fused-ring (bicyclic) bond motifs is 2. The van der Waals surface area contributed by atoms with Crippen molar-refractivity contribution >= 4 is 23.1 Å². The summed E-state index contributed by atoms with van der Waals surface area (Å²) in [5, 5.41) is 1.06. The number of sulfone groups is 1. The fourth-order valence-electron chi connectivity index (χ4n) is 4.23. The average molecular weight is 356 g/mol. The number of hydrogen-bond donors (Lipinski definition) is 0. The highest BCUT2D eigenvalue weighted by Crippen LogP contribution is 2.66. The molecule has 24 heavy (non-hydrogen) atoms. The third kappa shape index (κ3) is 2.29. The van der Waals surface area contributed by atoms with Crippen LogP contribution in [0.3, 0.4) is 0 Å². The van der Waals surface area contributed by atoms with Crippen molar-refractivity contribution in [1.29, 1.82) is 0 Å². The molecule has 2 aromatic rings. The Kier molecular flexibility index (Phi) is 3.89. The third-order valence-corrected chi connectivity index (χ3v) is 11.4. The Morgan fingerprint density at radius 3 is 2.08 bits per heavy atom. The number of allylic oxidation sites excluding steroid dienone is 2. The molecule has 124 valence electrons. The van der Waals surface area contributed by atoms with E-state index >= 15 is 0 Å². The van der Waals surface area contributed by atoms with Crippen LogP contribution in [0.2, 0.25) is 0 Å². The van der Waals surface area contributed by atoms with Crippen LogP contribution >= 0.6 is 7.92 Å². The highest BCUT2D eigenvalue weighted by Gasteiger charge is 2.55. The first-order valence-corrected chi connectivity index (χ1v) is 11.3. The molecule has 4 atom stereocenters. The highest BCUT2D eigenvalue weighted by molar-refractivity contribution is 7.93. The molecule has 4 heteroatoms. The van der Waals surface area contributed by atoms with Crippen molar-refractivity contribution in [1.82, 2.24) is 0 Å². The zero-order chi connectivity index (χ0) is 16.9. The first-order chi connectivity index (χ1) is 11.5. The SMILES string of the molecule is CC1=C(C)[C@H]2[C@@H](S(=O)(=O)c3ccccc3)C[C@@H]1P2c1ccccc1. The fourth-order valence-corrected chi connectivity index (χ4v) is 10.9. The van der Waals surface area contributed by atoms with E-state index in [2.05, 4.69) is 38.1 Å². The van der Waals surface area contributed by atoms with Crippen LogP contribution in [0.5, 0.6) is 0 Å². The first kappa shape index (κ1) is 16.1. The van der Waals surface area contributed by atoms with Gasteiger partial charge in [-0.2, -0.15) is 0 Å². The minimum Gasteiger partial charge on any atom is -0.223 e. The van der Waals surface area contributed by atoms with Gasteiger partial charge in [-0.15, -0.1) is 0 Å². The molecule has 1 unspecified atom stereocenters. The van der Waals surface area contributed by atoms with Crippen LogP contribution < -0.4 is 5.30 Å². The van der Waals surface area contributed by atoms with Crippen molar-refractivity contribution in [2.75, 3.05) is 0 Å². The largest absolute Gasteiger partial charge is 0.223 e. The molecular weight excluding hydrogens is 335 g/mol. The molecule has 0 spiro atoms. The Bertz CT molecular complexity index is 888. The summed E-state index contributed by atoms with van der Waals surface area (Å²) in [5.41, 5.74) is 3.31. The predicted octanol–water partition coefficient (Wildman–Crippen LogP) is 4.13. The summed E-state index contributed by atoms with van der Waals surface area (Å²) in [6.07, 6.45) is 0.770. The number of hydrogen-bond acceptors (Lipinski definition) is 2. The molecule has 2 heterocycles. The van der Waals surface area contributed by atoms with E-state index in [1.807, 2.05) is 24.3 Å². The van der Waals surface area contributed by atoms with Gasteiger partial charge in [-0.1, -0.05) is 67.6 Å². The predicted molar refractivity (Wildman–Crippen MR) is 101 cm³/mol. The van der Waals surface area contributed by atoms with Crippen LogP contribution in [0.25, 0.3) is 0 Å². The van der Waals surface area contributed by atoms with E-state index in [4.69, 9.17) is 0 Å². The lowest BCUT2D eigenvalue weighted by atomic mass is 9.94. The fraction of sp³-hybridized carbons (Fsp3) is 0.300. The second-order valence-corrected chi connectivity index (χ2v) is 11.4. The summed E-state index contributed by atoms with van der Waals surface area (Å²) < 4.78 is 26.5. The molecule has 2 aromatic carbocycles. The van der Waals surface area contributed by atoms with Crippen LogP contribution in [0.15, 0.2) is 76.7 Å². The summed E-state index contributed by atoms with van der Waals surface area (Å²) >= 11 is 0. The average Bonchev–Trinajstić information content (AvgIpc) is 3.12. The summed E-state index contributed by atoms with van der Waals surface area (Å²) in [7, 11) is -3.76. The molecule has 4 rings (SSSR count). The molecule has 2 aliphatic heterocycles. The molecule has 1 saturated heterocycles.